The number of amides is 1. The van der Waals surface area contributed by atoms with Crippen molar-refractivity contribution in [2.75, 3.05) is 21.3 Å². The zero-order valence-corrected chi connectivity index (χ0v) is 19.5. The second-order valence-corrected chi connectivity index (χ2v) is 7.86. The van der Waals surface area contributed by atoms with Crippen LogP contribution in [0, 0.1) is 0 Å². The van der Waals surface area contributed by atoms with Crippen LogP contribution in [0.1, 0.15) is 49.9 Å². The van der Waals surface area contributed by atoms with E-state index in [1.165, 1.54) is 6.42 Å². The predicted molar refractivity (Wildman–Crippen MR) is 128 cm³/mol. The monoisotopic (exact) mass is 436 g/mol. The molecule has 3 rings (SSSR count). The number of fused-ring (bicyclic) bond motifs is 1. The van der Waals surface area contributed by atoms with Gasteiger partial charge in [0.05, 0.1) is 38.1 Å². The maximum absolute atomic E-state index is 13.2. The van der Waals surface area contributed by atoms with Crippen molar-refractivity contribution in [2.24, 2.45) is 0 Å². The minimum atomic E-state index is -0.0960. The van der Waals surface area contributed by atoms with Crippen molar-refractivity contribution in [3.63, 3.8) is 0 Å². The zero-order valence-electron chi connectivity index (χ0n) is 19.5. The molecule has 0 aliphatic heterocycles. The Balaban J connectivity index is 2.04. The highest BCUT2D eigenvalue weighted by molar-refractivity contribution is 6.07. The summed E-state index contributed by atoms with van der Waals surface area (Å²) >= 11 is 0. The number of carbonyl (C=O) groups excluding carboxylic acids is 1. The Labute approximate surface area is 189 Å². The number of unbranched alkanes of at least 4 members (excludes halogenated alkanes) is 2. The first-order chi connectivity index (χ1) is 15.5. The highest BCUT2D eigenvalue weighted by Crippen LogP contribution is 2.41. The second-order valence-electron chi connectivity index (χ2n) is 7.86. The number of rotatable bonds is 10. The van der Waals surface area contributed by atoms with E-state index in [2.05, 4.69) is 19.2 Å². The quantitative estimate of drug-likeness (QED) is 0.417. The van der Waals surface area contributed by atoms with Crippen LogP contribution in [0.3, 0.4) is 0 Å². The number of aromatic nitrogens is 1. The number of pyridine rings is 1. The van der Waals surface area contributed by atoms with Crippen LogP contribution in [-0.2, 0) is 0 Å². The number of hydrogen-bond donors (Lipinski definition) is 1. The molecule has 6 nitrogen and oxygen atoms in total. The van der Waals surface area contributed by atoms with Gasteiger partial charge in [-0.05, 0) is 37.6 Å². The lowest BCUT2D eigenvalue weighted by atomic mass is 10.0. The van der Waals surface area contributed by atoms with E-state index in [-0.39, 0.29) is 11.9 Å². The molecule has 1 heterocycles. The highest BCUT2D eigenvalue weighted by Gasteiger charge is 2.19. The normalized spacial score (nSPS) is 11.8. The van der Waals surface area contributed by atoms with Gasteiger partial charge < -0.3 is 19.5 Å². The fourth-order valence-electron chi connectivity index (χ4n) is 3.81. The van der Waals surface area contributed by atoms with Crippen molar-refractivity contribution in [3.8, 4) is 28.5 Å². The minimum absolute atomic E-state index is 0.0960. The molecule has 1 aromatic heterocycles. The molecule has 0 spiro atoms. The molecule has 1 atom stereocenters. The van der Waals surface area contributed by atoms with Gasteiger partial charge in [0.25, 0.3) is 5.91 Å². The maximum atomic E-state index is 13.2. The van der Waals surface area contributed by atoms with Gasteiger partial charge in [-0.1, -0.05) is 44.4 Å². The minimum Gasteiger partial charge on any atom is -0.493 e. The molecule has 0 unspecified atom stereocenters. The summed E-state index contributed by atoms with van der Waals surface area (Å²) in [4.78, 5) is 18.0. The number of benzene rings is 2. The predicted octanol–water partition coefficient (Wildman–Crippen LogP) is 5.63. The van der Waals surface area contributed by atoms with E-state index in [0.29, 0.717) is 28.5 Å². The van der Waals surface area contributed by atoms with Gasteiger partial charge >= 0.3 is 0 Å². The summed E-state index contributed by atoms with van der Waals surface area (Å²) in [6.07, 6.45) is 4.39. The summed E-state index contributed by atoms with van der Waals surface area (Å²) in [7, 11) is 4.72. The van der Waals surface area contributed by atoms with Crippen LogP contribution < -0.4 is 19.5 Å². The molecule has 32 heavy (non-hydrogen) atoms. The molecule has 1 amide bonds. The number of methoxy groups -OCH3 is 3. The maximum Gasteiger partial charge on any atom is 0.252 e. The molecule has 0 radical (unpaired) electrons. The first-order valence-electron chi connectivity index (χ1n) is 11.0. The number of nitrogens with one attached hydrogen (secondary N) is 1. The van der Waals surface area contributed by atoms with Crippen molar-refractivity contribution in [3.05, 3.63) is 48.0 Å². The van der Waals surface area contributed by atoms with E-state index < -0.39 is 0 Å². The van der Waals surface area contributed by atoms with Gasteiger partial charge in [0, 0.05) is 17.0 Å². The summed E-state index contributed by atoms with van der Waals surface area (Å²) in [5.74, 6) is 1.49. The zero-order chi connectivity index (χ0) is 23.1. The number of ether oxygens (including phenoxy) is 3. The number of para-hydroxylation sites is 1. The average molecular weight is 437 g/mol. The van der Waals surface area contributed by atoms with Crippen LogP contribution in [0.5, 0.6) is 17.2 Å². The van der Waals surface area contributed by atoms with E-state index >= 15 is 0 Å². The Kier molecular flexibility index (Phi) is 7.92. The molecule has 0 saturated heterocycles. The summed E-state index contributed by atoms with van der Waals surface area (Å²) in [5.41, 5.74) is 2.78. The van der Waals surface area contributed by atoms with E-state index in [9.17, 15) is 4.79 Å². The second kappa shape index (κ2) is 10.8. The highest BCUT2D eigenvalue weighted by atomic mass is 16.5. The van der Waals surface area contributed by atoms with Crippen LogP contribution in [0.25, 0.3) is 22.2 Å². The van der Waals surface area contributed by atoms with Gasteiger partial charge in [0.2, 0.25) is 5.75 Å². The van der Waals surface area contributed by atoms with E-state index in [0.717, 1.165) is 35.7 Å². The van der Waals surface area contributed by atoms with Gasteiger partial charge in [-0.25, -0.2) is 4.98 Å². The van der Waals surface area contributed by atoms with Crippen molar-refractivity contribution in [1.29, 1.82) is 0 Å². The molecule has 6 heteroatoms. The third-order valence-electron chi connectivity index (χ3n) is 5.54. The molecule has 0 fully saturated rings. The van der Waals surface area contributed by atoms with Crippen LogP contribution in [0.15, 0.2) is 42.5 Å². The largest absolute Gasteiger partial charge is 0.493 e. The molecule has 0 bridgehead atoms. The fourth-order valence-corrected chi connectivity index (χ4v) is 3.81. The molecule has 2 aromatic carbocycles. The molecule has 0 aliphatic rings. The number of carbonyl (C=O) groups is 1. The van der Waals surface area contributed by atoms with E-state index in [1.54, 1.807) is 21.3 Å². The van der Waals surface area contributed by atoms with Crippen LogP contribution in [-0.4, -0.2) is 38.3 Å². The van der Waals surface area contributed by atoms with Gasteiger partial charge in [-0.15, -0.1) is 0 Å². The molecule has 170 valence electrons. The lowest BCUT2D eigenvalue weighted by Gasteiger charge is -2.17. The van der Waals surface area contributed by atoms with Gasteiger partial charge in [0.1, 0.15) is 0 Å². The van der Waals surface area contributed by atoms with Gasteiger partial charge in [0.15, 0.2) is 11.5 Å². The van der Waals surface area contributed by atoms with Gasteiger partial charge in [-0.2, -0.15) is 0 Å². The Morgan fingerprint density at radius 2 is 1.69 bits per heavy atom. The molecule has 0 aliphatic carbocycles. The van der Waals surface area contributed by atoms with Crippen LogP contribution in [0.4, 0.5) is 0 Å². The van der Waals surface area contributed by atoms with Crippen molar-refractivity contribution < 1.29 is 19.0 Å². The summed E-state index contributed by atoms with van der Waals surface area (Å²) in [5, 5.41) is 3.97. The van der Waals surface area contributed by atoms with Gasteiger partial charge in [-0.3, -0.25) is 4.79 Å². The Bertz CT molecular complexity index is 1060. The summed E-state index contributed by atoms with van der Waals surface area (Å²) in [6.45, 7) is 4.23. The first kappa shape index (κ1) is 23.4. The Morgan fingerprint density at radius 3 is 2.31 bits per heavy atom. The lowest BCUT2D eigenvalue weighted by Crippen LogP contribution is -2.32. The molecule has 1 N–H and O–H groups in total. The van der Waals surface area contributed by atoms with Crippen molar-refractivity contribution >= 4 is 16.8 Å². The third-order valence-corrected chi connectivity index (χ3v) is 5.54. The Morgan fingerprint density at radius 1 is 1.00 bits per heavy atom. The summed E-state index contributed by atoms with van der Waals surface area (Å²) in [6, 6.07) is 13.3. The fraction of sp³-hybridized carbons (Fsp3) is 0.385. The van der Waals surface area contributed by atoms with Crippen LogP contribution >= 0.6 is 0 Å². The molecule has 3 aromatic rings. The van der Waals surface area contributed by atoms with Crippen LogP contribution in [0.2, 0.25) is 0 Å². The molecule has 0 saturated carbocycles. The summed E-state index contributed by atoms with van der Waals surface area (Å²) < 4.78 is 16.4. The smallest absolute Gasteiger partial charge is 0.252 e. The lowest BCUT2D eigenvalue weighted by molar-refractivity contribution is 0.0939. The molecular weight excluding hydrogens is 404 g/mol. The number of nitrogens with zero attached hydrogens (tertiary/aromatic N) is 1. The van der Waals surface area contributed by atoms with E-state index in [1.807, 2.05) is 42.5 Å². The van der Waals surface area contributed by atoms with Crippen molar-refractivity contribution in [2.45, 2.75) is 45.6 Å². The van der Waals surface area contributed by atoms with Crippen molar-refractivity contribution in [1.82, 2.24) is 10.3 Å². The SMILES string of the molecule is CCCCC[C@@H](C)NC(=O)c1cc(-c2cc(OC)c(OC)c(OC)c2)nc2ccccc12. The number of hydrogen-bond acceptors (Lipinski definition) is 5. The average Bonchev–Trinajstić information content (AvgIpc) is 2.82. The first-order valence-corrected chi connectivity index (χ1v) is 11.0. The van der Waals surface area contributed by atoms with E-state index in [4.69, 9.17) is 19.2 Å². The molecular formula is C26H32N2O4. The standard InChI is InChI=1S/C26H32N2O4/c1-6-7-8-11-17(2)27-26(29)20-16-22(28-21-13-10-9-12-19(20)21)18-14-23(30-3)25(32-5)24(15-18)31-4/h9-10,12-17H,6-8,11H2,1-5H3,(H,27,29)/t17-/m1/s1. The Hall–Kier alpha value is -3.28. The third kappa shape index (κ3) is 5.13. The topological polar surface area (TPSA) is 69.7 Å².